The van der Waals surface area contributed by atoms with E-state index in [9.17, 15) is 14.4 Å². The Bertz CT molecular complexity index is 1200. The number of aromatic nitrogens is 2. The fraction of sp³-hybridized carbons (Fsp3) is 0.296. The number of aldehydes is 1. The van der Waals surface area contributed by atoms with E-state index in [-0.39, 0.29) is 23.9 Å². The highest BCUT2D eigenvalue weighted by Crippen LogP contribution is 2.35. The zero-order chi connectivity index (χ0) is 26.8. The number of carbonyl (C=O) groups is 3. The van der Waals surface area contributed by atoms with Gasteiger partial charge < -0.3 is 15.4 Å². The van der Waals surface area contributed by atoms with Gasteiger partial charge in [-0.05, 0) is 24.0 Å². The van der Waals surface area contributed by atoms with E-state index < -0.39 is 12.1 Å². The van der Waals surface area contributed by atoms with E-state index in [0.717, 1.165) is 29.6 Å². The van der Waals surface area contributed by atoms with E-state index >= 15 is 0 Å². The zero-order valence-electron chi connectivity index (χ0n) is 21.3. The average Bonchev–Trinajstić information content (AvgIpc) is 2.93. The van der Waals surface area contributed by atoms with Crippen LogP contribution in [0.1, 0.15) is 24.5 Å². The fourth-order valence-corrected chi connectivity index (χ4v) is 4.47. The van der Waals surface area contributed by atoms with Crippen LogP contribution in [0.3, 0.4) is 0 Å². The number of amides is 3. The lowest BCUT2D eigenvalue weighted by Crippen LogP contribution is -2.47. The second kappa shape index (κ2) is 13.4. The minimum absolute atomic E-state index is 0.0680. The second-order valence-electron chi connectivity index (χ2n) is 8.48. The van der Waals surface area contributed by atoms with E-state index in [2.05, 4.69) is 9.97 Å². The van der Waals surface area contributed by atoms with Gasteiger partial charge in [0, 0.05) is 19.8 Å². The van der Waals surface area contributed by atoms with Crippen molar-refractivity contribution in [3.63, 3.8) is 0 Å². The van der Waals surface area contributed by atoms with Crippen molar-refractivity contribution < 1.29 is 14.4 Å². The Balaban J connectivity index is 1.97. The van der Waals surface area contributed by atoms with Crippen LogP contribution in [0, 0.1) is 0 Å². The molecule has 0 aliphatic heterocycles. The van der Waals surface area contributed by atoms with E-state index in [1.165, 1.54) is 33.5 Å². The maximum atomic E-state index is 13.5. The number of anilines is 3. The Labute approximate surface area is 221 Å². The Kier molecular flexibility index (Phi) is 10.0. The van der Waals surface area contributed by atoms with E-state index in [1.54, 1.807) is 7.05 Å². The molecule has 0 fully saturated rings. The van der Waals surface area contributed by atoms with Crippen molar-refractivity contribution in [1.29, 1.82) is 0 Å². The molecule has 0 saturated carbocycles. The Morgan fingerprint density at radius 3 is 2.19 bits per heavy atom. The molecule has 2 aromatic carbocycles. The van der Waals surface area contributed by atoms with Crippen LogP contribution in [0.25, 0.3) is 0 Å². The summed E-state index contributed by atoms with van der Waals surface area (Å²) in [4.78, 5) is 50.8. The van der Waals surface area contributed by atoms with Gasteiger partial charge >= 0.3 is 6.03 Å². The van der Waals surface area contributed by atoms with Gasteiger partial charge in [0.25, 0.3) is 0 Å². The molecule has 2 N–H and O–H groups in total. The molecule has 1 atom stereocenters. The number of carbonyl (C=O) groups excluding carboxylic acids is 3. The smallest absolute Gasteiger partial charge is 0.324 e. The first kappa shape index (κ1) is 27.7. The standard InChI is InChI=1S/C27H32N6O3S/c1-4-15-37-26-29-24(28)23(25(30-26)33(19-35)17-21-13-9-6-10-14-21)32(3)27(36)31(2)22(18-34)16-20-11-7-5-8-12-20/h5-14,18-19,22H,4,15-17H2,1-3H3,(H2,28,29,30). The summed E-state index contributed by atoms with van der Waals surface area (Å²) in [5.74, 6) is 1.06. The SMILES string of the molecule is CCCSc1nc(N)c(N(C)C(=O)N(C)C(C=O)Cc2ccccc2)c(N(C=O)Cc2ccccc2)n1. The molecular formula is C27H32N6O3S. The summed E-state index contributed by atoms with van der Waals surface area (Å²) in [7, 11) is 3.09. The van der Waals surface area contributed by atoms with Crippen molar-refractivity contribution in [3.8, 4) is 0 Å². The predicted molar refractivity (Wildman–Crippen MR) is 148 cm³/mol. The van der Waals surface area contributed by atoms with Gasteiger partial charge in [0.2, 0.25) is 6.41 Å². The maximum Gasteiger partial charge on any atom is 0.324 e. The molecule has 0 aliphatic rings. The zero-order valence-corrected chi connectivity index (χ0v) is 22.1. The molecule has 194 valence electrons. The number of nitrogen functional groups attached to an aromatic ring is 1. The molecule has 3 aromatic rings. The molecule has 1 heterocycles. The Hall–Kier alpha value is -3.92. The number of thioether (sulfide) groups is 1. The third-order valence-electron chi connectivity index (χ3n) is 5.77. The molecule has 9 nitrogen and oxygen atoms in total. The molecule has 3 amide bonds. The summed E-state index contributed by atoms with van der Waals surface area (Å²) in [6.07, 6.45) is 2.68. The number of nitrogens with zero attached hydrogens (tertiary/aromatic N) is 5. The molecule has 0 bridgehead atoms. The van der Waals surface area contributed by atoms with E-state index in [4.69, 9.17) is 5.73 Å². The van der Waals surface area contributed by atoms with Crippen molar-refractivity contribution in [3.05, 3.63) is 71.8 Å². The molecule has 10 heteroatoms. The first-order valence-electron chi connectivity index (χ1n) is 12.0. The highest BCUT2D eigenvalue weighted by molar-refractivity contribution is 7.99. The molecule has 0 spiro atoms. The molecule has 37 heavy (non-hydrogen) atoms. The quantitative estimate of drug-likeness (QED) is 0.218. The van der Waals surface area contributed by atoms with Crippen LogP contribution >= 0.6 is 11.8 Å². The first-order chi connectivity index (χ1) is 17.9. The summed E-state index contributed by atoms with van der Waals surface area (Å²) in [6, 6.07) is 17.7. The largest absolute Gasteiger partial charge is 0.382 e. The van der Waals surface area contributed by atoms with Gasteiger partial charge in [-0.1, -0.05) is 79.3 Å². The third-order valence-corrected chi connectivity index (χ3v) is 6.82. The number of likely N-dealkylation sites (N-methyl/N-ethyl adjacent to an activating group) is 1. The van der Waals surface area contributed by atoms with Gasteiger partial charge in [0.1, 0.15) is 12.0 Å². The van der Waals surface area contributed by atoms with Gasteiger partial charge in [-0.15, -0.1) is 0 Å². The van der Waals surface area contributed by atoms with Crippen LogP contribution < -0.4 is 15.5 Å². The van der Waals surface area contributed by atoms with Crippen LogP contribution in [0.15, 0.2) is 65.8 Å². The summed E-state index contributed by atoms with van der Waals surface area (Å²) in [6.45, 7) is 2.27. The maximum absolute atomic E-state index is 13.5. The van der Waals surface area contributed by atoms with Crippen molar-refractivity contribution in [1.82, 2.24) is 14.9 Å². The van der Waals surface area contributed by atoms with Crippen LogP contribution in [0.4, 0.5) is 22.1 Å². The summed E-state index contributed by atoms with van der Waals surface area (Å²) >= 11 is 1.42. The number of rotatable bonds is 12. The Morgan fingerprint density at radius 1 is 1.00 bits per heavy atom. The minimum Gasteiger partial charge on any atom is -0.382 e. The molecule has 3 rings (SSSR count). The van der Waals surface area contributed by atoms with Gasteiger partial charge in [0.15, 0.2) is 16.8 Å². The normalized spacial score (nSPS) is 11.4. The van der Waals surface area contributed by atoms with Crippen molar-refractivity contribution >= 4 is 47.8 Å². The highest BCUT2D eigenvalue weighted by Gasteiger charge is 2.29. The first-order valence-corrected chi connectivity index (χ1v) is 12.9. The number of hydrogen-bond donors (Lipinski definition) is 1. The molecule has 1 unspecified atom stereocenters. The van der Waals surface area contributed by atoms with Crippen LogP contribution in [-0.2, 0) is 22.6 Å². The van der Waals surface area contributed by atoms with Gasteiger partial charge in [0.05, 0.1) is 12.6 Å². The summed E-state index contributed by atoms with van der Waals surface area (Å²) in [5.41, 5.74) is 8.37. The van der Waals surface area contributed by atoms with Crippen molar-refractivity contribution in [2.45, 2.75) is 37.5 Å². The predicted octanol–water partition coefficient (Wildman–Crippen LogP) is 4.02. The minimum atomic E-state index is -0.700. The summed E-state index contributed by atoms with van der Waals surface area (Å²) < 4.78 is 0. The number of urea groups is 1. The molecule has 0 aliphatic carbocycles. The molecule has 1 aromatic heterocycles. The highest BCUT2D eigenvalue weighted by atomic mass is 32.2. The number of nitrogens with two attached hydrogens (primary N) is 1. The lowest BCUT2D eigenvalue weighted by Gasteiger charge is -2.31. The monoisotopic (exact) mass is 520 g/mol. The van der Waals surface area contributed by atoms with Crippen LogP contribution in [0.5, 0.6) is 0 Å². The van der Waals surface area contributed by atoms with Crippen molar-refractivity contribution in [2.75, 3.05) is 35.4 Å². The Morgan fingerprint density at radius 2 is 1.62 bits per heavy atom. The average molecular weight is 521 g/mol. The van der Waals surface area contributed by atoms with Crippen LogP contribution in [0.2, 0.25) is 0 Å². The summed E-state index contributed by atoms with van der Waals surface area (Å²) in [5, 5.41) is 0.419. The lowest BCUT2D eigenvalue weighted by molar-refractivity contribution is -0.111. The van der Waals surface area contributed by atoms with Gasteiger partial charge in [-0.3, -0.25) is 14.6 Å². The van der Waals surface area contributed by atoms with E-state index in [1.807, 2.05) is 67.6 Å². The molecular weight excluding hydrogens is 488 g/mol. The van der Waals surface area contributed by atoms with Crippen LogP contribution in [-0.4, -0.2) is 59.5 Å². The number of benzene rings is 2. The molecule has 0 saturated heterocycles. The lowest BCUT2D eigenvalue weighted by atomic mass is 10.1. The van der Waals surface area contributed by atoms with Gasteiger partial charge in [-0.2, -0.15) is 0 Å². The topological polar surface area (TPSA) is 113 Å². The van der Waals surface area contributed by atoms with Crippen molar-refractivity contribution in [2.24, 2.45) is 0 Å². The second-order valence-corrected chi connectivity index (χ2v) is 9.54. The molecule has 0 radical (unpaired) electrons. The number of hydrogen-bond acceptors (Lipinski definition) is 7. The third kappa shape index (κ3) is 7.07. The van der Waals surface area contributed by atoms with Gasteiger partial charge in [-0.25, -0.2) is 14.8 Å². The fourth-order valence-electron chi connectivity index (χ4n) is 3.77. The van der Waals surface area contributed by atoms with E-state index in [0.29, 0.717) is 18.0 Å².